The van der Waals surface area contributed by atoms with Gasteiger partial charge in [-0.3, -0.25) is 14.3 Å². The molecular formula is C14H20N4O3. The van der Waals surface area contributed by atoms with Crippen LogP contribution in [0.1, 0.15) is 32.1 Å². The SMILES string of the molecule is O=C1CC[C@H](C(=O)Nc2cnn(C[C@@H]3CCCCO3)c2)N1. The van der Waals surface area contributed by atoms with Crippen molar-refractivity contribution in [3.63, 3.8) is 0 Å². The summed E-state index contributed by atoms with van der Waals surface area (Å²) in [6, 6.07) is -0.428. The van der Waals surface area contributed by atoms with Gasteiger partial charge in [-0.05, 0) is 25.7 Å². The van der Waals surface area contributed by atoms with E-state index in [4.69, 9.17) is 4.74 Å². The van der Waals surface area contributed by atoms with E-state index in [-0.39, 0.29) is 17.9 Å². The average Bonchev–Trinajstić information content (AvgIpc) is 3.09. The van der Waals surface area contributed by atoms with Crippen molar-refractivity contribution in [2.75, 3.05) is 11.9 Å². The Balaban J connectivity index is 1.52. The quantitative estimate of drug-likeness (QED) is 0.854. The third-order valence-corrected chi connectivity index (χ3v) is 3.88. The predicted octanol–water partition coefficient (Wildman–Crippen LogP) is 0.669. The van der Waals surface area contributed by atoms with E-state index in [0.29, 0.717) is 25.1 Å². The van der Waals surface area contributed by atoms with Gasteiger partial charge in [0.25, 0.3) is 0 Å². The first-order valence-electron chi connectivity index (χ1n) is 7.45. The molecule has 0 saturated carbocycles. The Morgan fingerprint density at radius 3 is 3.10 bits per heavy atom. The summed E-state index contributed by atoms with van der Waals surface area (Å²) in [5, 5.41) is 9.67. The molecule has 3 heterocycles. The minimum atomic E-state index is -0.428. The number of amides is 2. The maximum Gasteiger partial charge on any atom is 0.247 e. The Hall–Kier alpha value is -1.89. The Morgan fingerprint density at radius 1 is 1.48 bits per heavy atom. The van der Waals surface area contributed by atoms with Crippen molar-refractivity contribution in [3.05, 3.63) is 12.4 Å². The summed E-state index contributed by atoms with van der Waals surface area (Å²) in [4.78, 5) is 23.1. The van der Waals surface area contributed by atoms with Crippen LogP contribution < -0.4 is 10.6 Å². The zero-order valence-corrected chi connectivity index (χ0v) is 11.9. The average molecular weight is 292 g/mol. The van der Waals surface area contributed by atoms with Gasteiger partial charge in [-0.15, -0.1) is 0 Å². The number of nitrogens with zero attached hydrogens (tertiary/aromatic N) is 2. The number of carbonyl (C=O) groups is 2. The summed E-state index contributed by atoms with van der Waals surface area (Å²) in [7, 11) is 0. The Morgan fingerprint density at radius 2 is 2.38 bits per heavy atom. The van der Waals surface area contributed by atoms with Gasteiger partial charge in [0.2, 0.25) is 11.8 Å². The molecule has 2 atom stereocenters. The number of hydrogen-bond donors (Lipinski definition) is 2. The van der Waals surface area contributed by atoms with Crippen molar-refractivity contribution in [3.8, 4) is 0 Å². The van der Waals surface area contributed by atoms with E-state index >= 15 is 0 Å². The fourth-order valence-electron chi connectivity index (χ4n) is 2.73. The zero-order chi connectivity index (χ0) is 14.7. The number of nitrogens with one attached hydrogen (secondary N) is 2. The van der Waals surface area contributed by atoms with Crippen LogP contribution in [0.5, 0.6) is 0 Å². The topological polar surface area (TPSA) is 85.2 Å². The maximum atomic E-state index is 12.0. The lowest BCUT2D eigenvalue weighted by Gasteiger charge is -2.22. The summed E-state index contributed by atoms with van der Waals surface area (Å²) < 4.78 is 7.46. The van der Waals surface area contributed by atoms with E-state index in [0.717, 1.165) is 19.4 Å². The number of rotatable bonds is 4. The molecule has 2 amide bonds. The summed E-state index contributed by atoms with van der Waals surface area (Å²) in [6.45, 7) is 1.52. The number of aromatic nitrogens is 2. The Bertz CT molecular complexity index is 522. The molecular weight excluding hydrogens is 272 g/mol. The van der Waals surface area contributed by atoms with Crippen LogP contribution in [0.15, 0.2) is 12.4 Å². The van der Waals surface area contributed by atoms with Crippen LogP contribution in [0.3, 0.4) is 0 Å². The smallest absolute Gasteiger partial charge is 0.247 e. The lowest BCUT2D eigenvalue weighted by atomic mass is 10.1. The molecule has 2 aliphatic heterocycles. The highest BCUT2D eigenvalue weighted by Gasteiger charge is 2.27. The molecule has 2 aliphatic rings. The lowest BCUT2D eigenvalue weighted by Crippen LogP contribution is -2.37. The van der Waals surface area contributed by atoms with E-state index in [1.165, 1.54) is 6.42 Å². The van der Waals surface area contributed by atoms with Crippen molar-refractivity contribution in [2.24, 2.45) is 0 Å². The molecule has 2 fully saturated rings. The van der Waals surface area contributed by atoms with Crippen LogP contribution in [0.4, 0.5) is 5.69 Å². The van der Waals surface area contributed by atoms with Gasteiger partial charge in [0.1, 0.15) is 6.04 Å². The highest BCUT2D eigenvalue weighted by Crippen LogP contribution is 2.16. The standard InChI is InChI=1S/C14H20N4O3/c19-13-5-4-12(17-13)14(20)16-10-7-15-18(8-10)9-11-3-1-2-6-21-11/h7-8,11-12H,1-6,9H2,(H,16,20)(H,17,19)/t11-,12+/m0/s1. The minimum Gasteiger partial charge on any atom is -0.376 e. The second-order valence-electron chi connectivity index (χ2n) is 5.59. The Kier molecular flexibility index (Phi) is 4.19. The first kappa shape index (κ1) is 14.1. The highest BCUT2D eigenvalue weighted by atomic mass is 16.5. The fourth-order valence-corrected chi connectivity index (χ4v) is 2.73. The van der Waals surface area contributed by atoms with E-state index in [1.807, 2.05) is 0 Å². The molecule has 2 saturated heterocycles. The predicted molar refractivity (Wildman–Crippen MR) is 75.6 cm³/mol. The largest absolute Gasteiger partial charge is 0.376 e. The molecule has 114 valence electrons. The second-order valence-corrected chi connectivity index (χ2v) is 5.59. The molecule has 0 unspecified atom stereocenters. The van der Waals surface area contributed by atoms with Crippen LogP contribution in [-0.4, -0.2) is 40.3 Å². The van der Waals surface area contributed by atoms with E-state index in [2.05, 4.69) is 15.7 Å². The molecule has 0 spiro atoms. The molecule has 0 aliphatic carbocycles. The van der Waals surface area contributed by atoms with Gasteiger partial charge in [0.05, 0.1) is 24.5 Å². The highest BCUT2D eigenvalue weighted by molar-refractivity contribution is 5.98. The van der Waals surface area contributed by atoms with Crippen molar-refractivity contribution < 1.29 is 14.3 Å². The van der Waals surface area contributed by atoms with Gasteiger partial charge in [0.15, 0.2) is 0 Å². The van der Waals surface area contributed by atoms with Crippen LogP contribution in [0.25, 0.3) is 0 Å². The van der Waals surface area contributed by atoms with Gasteiger partial charge < -0.3 is 15.4 Å². The molecule has 7 nitrogen and oxygen atoms in total. The lowest BCUT2D eigenvalue weighted by molar-refractivity contribution is -0.122. The summed E-state index contributed by atoms with van der Waals surface area (Å²) >= 11 is 0. The van der Waals surface area contributed by atoms with Crippen molar-refractivity contribution in [2.45, 2.75) is 50.8 Å². The summed E-state index contributed by atoms with van der Waals surface area (Å²) in [6.07, 6.45) is 7.96. The maximum absolute atomic E-state index is 12.0. The van der Waals surface area contributed by atoms with Crippen molar-refractivity contribution in [1.29, 1.82) is 0 Å². The first-order valence-corrected chi connectivity index (χ1v) is 7.45. The molecule has 0 radical (unpaired) electrons. The molecule has 0 bridgehead atoms. The summed E-state index contributed by atoms with van der Waals surface area (Å²) in [5.41, 5.74) is 0.650. The van der Waals surface area contributed by atoms with Crippen LogP contribution in [-0.2, 0) is 20.9 Å². The van der Waals surface area contributed by atoms with Gasteiger partial charge in [0, 0.05) is 19.2 Å². The second kappa shape index (κ2) is 6.26. The third-order valence-electron chi connectivity index (χ3n) is 3.88. The molecule has 1 aromatic rings. The van der Waals surface area contributed by atoms with E-state index in [1.54, 1.807) is 17.1 Å². The molecule has 3 rings (SSSR count). The molecule has 0 aromatic carbocycles. The van der Waals surface area contributed by atoms with Crippen LogP contribution in [0.2, 0.25) is 0 Å². The van der Waals surface area contributed by atoms with Crippen LogP contribution >= 0.6 is 0 Å². The molecule has 21 heavy (non-hydrogen) atoms. The van der Waals surface area contributed by atoms with Crippen LogP contribution in [0, 0.1) is 0 Å². The number of ether oxygens (including phenoxy) is 1. The molecule has 1 aromatic heterocycles. The number of carbonyl (C=O) groups excluding carboxylic acids is 2. The number of anilines is 1. The van der Waals surface area contributed by atoms with Gasteiger partial charge in [-0.1, -0.05) is 0 Å². The Labute approximate surface area is 123 Å². The van der Waals surface area contributed by atoms with E-state index in [9.17, 15) is 9.59 Å². The number of hydrogen-bond acceptors (Lipinski definition) is 4. The monoisotopic (exact) mass is 292 g/mol. The normalized spacial score (nSPS) is 25.6. The fraction of sp³-hybridized carbons (Fsp3) is 0.643. The van der Waals surface area contributed by atoms with Crippen molar-refractivity contribution >= 4 is 17.5 Å². The van der Waals surface area contributed by atoms with Crippen molar-refractivity contribution in [1.82, 2.24) is 15.1 Å². The summed E-state index contributed by atoms with van der Waals surface area (Å²) in [5.74, 6) is -0.255. The molecule has 7 heteroatoms. The van der Waals surface area contributed by atoms with Gasteiger partial charge >= 0.3 is 0 Å². The third kappa shape index (κ3) is 3.60. The minimum absolute atomic E-state index is 0.0692. The zero-order valence-electron chi connectivity index (χ0n) is 11.9. The first-order chi connectivity index (χ1) is 10.2. The molecule has 2 N–H and O–H groups in total. The van der Waals surface area contributed by atoms with E-state index < -0.39 is 6.04 Å². The van der Waals surface area contributed by atoms with Gasteiger partial charge in [-0.2, -0.15) is 5.10 Å². The van der Waals surface area contributed by atoms with Gasteiger partial charge in [-0.25, -0.2) is 0 Å².